The largest absolute Gasteiger partial charge is 1.00 e. The normalized spacial score (nSPS) is 11.1. The van der Waals surface area contributed by atoms with Gasteiger partial charge in [0.1, 0.15) is 12.4 Å². The summed E-state index contributed by atoms with van der Waals surface area (Å²) < 4.78 is 26.9. The number of nitrogens with zero attached hydrogens (tertiary/aromatic N) is 2. The van der Waals surface area contributed by atoms with E-state index in [1.807, 2.05) is 10.8 Å². The molecular formula is C12H22BrN2O3P. The molecular weight excluding hydrogens is 331 g/mol. The molecule has 0 saturated heterocycles. The average molecular weight is 353 g/mol. The Morgan fingerprint density at radius 3 is 2.37 bits per heavy atom. The molecule has 0 saturated carbocycles. The lowest BCUT2D eigenvalue weighted by Gasteiger charge is -2.13. The fourth-order valence-electron chi connectivity index (χ4n) is 1.77. The van der Waals surface area contributed by atoms with Gasteiger partial charge in [-0.05, 0) is 20.3 Å². The van der Waals surface area contributed by atoms with Gasteiger partial charge in [-0.25, -0.2) is 9.13 Å². The molecule has 110 valence electrons. The molecule has 0 aromatic carbocycles. The summed E-state index contributed by atoms with van der Waals surface area (Å²) in [4.78, 5) is 0. The second kappa shape index (κ2) is 8.69. The van der Waals surface area contributed by atoms with Gasteiger partial charge in [-0.15, -0.1) is 4.34 Å². The molecule has 0 aliphatic rings. The molecule has 0 atom stereocenters. The van der Waals surface area contributed by atoms with Crippen molar-refractivity contribution in [3.8, 4) is 0 Å². The molecule has 0 N–H and O–H groups in total. The average Bonchev–Trinajstić information content (AvgIpc) is 2.74. The topological polar surface area (TPSA) is 44.3 Å². The van der Waals surface area contributed by atoms with E-state index in [-0.39, 0.29) is 17.0 Å². The van der Waals surface area contributed by atoms with E-state index in [4.69, 9.17) is 9.05 Å². The van der Waals surface area contributed by atoms with Crippen molar-refractivity contribution >= 4 is 13.9 Å². The minimum Gasteiger partial charge on any atom is -1.00 e. The van der Waals surface area contributed by atoms with Crippen LogP contribution in [0.2, 0.25) is 0 Å². The maximum atomic E-state index is 12.7. The van der Waals surface area contributed by atoms with Crippen LogP contribution in [0.25, 0.3) is 6.20 Å². The Hall–Kier alpha value is -0.420. The number of hydrogen-bond donors (Lipinski definition) is 0. The first-order valence-electron chi connectivity index (χ1n) is 6.26. The summed E-state index contributed by atoms with van der Waals surface area (Å²) in [6.45, 7) is 10.1. The molecule has 0 radical (unpaired) electrons. The van der Waals surface area contributed by atoms with E-state index in [1.54, 1.807) is 30.6 Å². The number of aromatic nitrogens is 2. The van der Waals surface area contributed by atoms with Crippen LogP contribution in [0.1, 0.15) is 33.0 Å². The first-order chi connectivity index (χ1) is 8.62. The zero-order valence-corrected chi connectivity index (χ0v) is 14.2. The highest BCUT2D eigenvalue weighted by Gasteiger charge is 2.36. The second-order valence-corrected chi connectivity index (χ2v) is 5.59. The van der Waals surface area contributed by atoms with Gasteiger partial charge in [0.2, 0.25) is 0 Å². The Balaban J connectivity index is 0.00000324. The van der Waals surface area contributed by atoms with Crippen molar-refractivity contribution in [2.24, 2.45) is 0 Å². The van der Waals surface area contributed by atoms with E-state index >= 15 is 0 Å². The number of hydrogen-bond acceptors (Lipinski definition) is 3. The number of imidazole rings is 1. The Kier molecular flexibility index (Phi) is 8.50. The molecule has 0 bridgehead atoms. The summed E-state index contributed by atoms with van der Waals surface area (Å²) in [6, 6.07) is 0. The van der Waals surface area contributed by atoms with Gasteiger partial charge in [0.15, 0.2) is 0 Å². The summed E-state index contributed by atoms with van der Waals surface area (Å²) >= 11 is 0. The van der Waals surface area contributed by atoms with Crippen molar-refractivity contribution in [1.29, 1.82) is 0 Å². The molecule has 1 heterocycles. The maximum Gasteiger partial charge on any atom is 0.528 e. The summed E-state index contributed by atoms with van der Waals surface area (Å²) in [5.74, 6) is 0.873. The predicted octanol–water partition coefficient (Wildman–Crippen LogP) is -0.138. The zero-order valence-electron chi connectivity index (χ0n) is 11.7. The van der Waals surface area contributed by atoms with E-state index in [1.165, 1.54) is 0 Å². The molecule has 0 amide bonds. The fourth-order valence-corrected chi connectivity index (χ4v) is 3.45. The van der Waals surface area contributed by atoms with Crippen molar-refractivity contribution in [2.45, 2.75) is 33.6 Å². The molecule has 0 unspecified atom stereocenters. The second-order valence-electron chi connectivity index (χ2n) is 3.70. The van der Waals surface area contributed by atoms with Crippen molar-refractivity contribution < 1.29 is 34.9 Å². The van der Waals surface area contributed by atoms with Crippen LogP contribution in [0.3, 0.4) is 0 Å². The van der Waals surface area contributed by atoms with Crippen LogP contribution in [0, 0.1) is 0 Å². The lowest BCUT2D eigenvalue weighted by atomic mass is 10.3. The molecule has 0 spiro atoms. The van der Waals surface area contributed by atoms with E-state index in [0.717, 1.165) is 18.7 Å². The fraction of sp³-hybridized carbons (Fsp3) is 0.583. The van der Waals surface area contributed by atoms with Crippen LogP contribution in [0.15, 0.2) is 19.0 Å². The van der Waals surface area contributed by atoms with Crippen molar-refractivity contribution in [3.05, 3.63) is 24.8 Å². The van der Waals surface area contributed by atoms with Crippen LogP contribution in [-0.4, -0.2) is 17.8 Å². The molecule has 0 fully saturated rings. The van der Waals surface area contributed by atoms with Gasteiger partial charge >= 0.3 is 7.75 Å². The predicted molar refractivity (Wildman–Crippen MR) is 71.3 cm³/mol. The lowest BCUT2D eigenvalue weighted by Crippen LogP contribution is -3.00. The van der Waals surface area contributed by atoms with Gasteiger partial charge in [0.25, 0.3) is 5.82 Å². The Bertz CT molecular complexity index is 438. The quantitative estimate of drug-likeness (QED) is 0.612. The van der Waals surface area contributed by atoms with Gasteiger partial charge in [-0.1, -0.05) is 13.5 Å². The van der Waals surface area contributed by atoms with Crippen LogP contribution < -0.4 is 21.3 Å². The highest BCUT2D eigenvalue weighted by Crippen LogP contribution is 2.43. The van der Waals surface area contributed by atoms with Gasteiger partial charge in [0.05, 0.1) is 19.4 Å². The van der Waals surface area contributed by atoms with Gasteiger partial charge < -0.3 is 17.0 Å². The monoisotopic (exact) mass is 352 g/mol. The third-order valence-corrected chi connectivity index (χ3v) is 4.51. The molecule has 0 aliphatic heterocycles. The van der Waals surface area contributed by atoms with E-state index in [9.17, 15) is 4.57 Å². The minimum atomic E-state index is -3.28. The lowest BCUT2D eigenvalue weighted by molar-refractivity contribution is -0.549. The third-order valence-electron chi connectivity index (χ3n) is 2.45. The van der Waals surface area contributed by atoms with Gasteiger partial charge in [0, 0.05) is 6.42 Å². The van der Waals surface area contributed by atoms with Crippen LogP contribution >= 0.6 is 7.75 Å². The first kappa shape index (κ1) is 18.6. The van der Waals surface area contributed by atoms with Gasteiger partial charge in [-0.2, -0.15) is 0 Å². The minimum absolute atomic E-state index is 0. The van der Waals surface area contributed by atoms with Crippen molar-refractivity contribution in [3.63, 3.8) is 0 Å². The molecule has 5 nitrogen and oxygen atoms in total. The SMILES string of the molecule is C=Cn1cc[n+](P(=O)(OCC)OCC)c1CCC.[Br-]. The third kappa shape index (κ3) is 4.28. The summed E-state index contributed by atoms with van der Waals surface area (Å²) in [7, 11) is -3.28. The van der Waals surface area contributed by atoms with E-state index in [0.29, 0.717) is 13.2 Å². The number of halogens is 1. The molecule has 1 aromatic rings. The summed E-state index contributed by atoms with van der Waals surface area (Å²) in [5.41, 5.74) is 0. The van der Waals surface area contributed by atoms with E-state index < -0.39 is 7.75 Å². The van der Waals surface area contributed by atoms with Crippen LogP contribution in [0.5, 0.6) is 0 Å². The Morgan fingerprint density at radius 1 is 1.37 bits per heavy atom. The van der Waals surface area contributed by atoms with Crippen molar-refractivity contribution in [1.82, 2.24) is 4.57 Å². The highest BCUT2D eigenvalue weighted by atomic mass is 79.9. The smallest absolute Gasteiger partial charge is 0.528 e. The molecule has 0 aliphatic carbocycles. The molecule has 1 rings (SSSR count). The first-order valence-corrected chi connectivity index (χ1v) is 7.76. The summed E-state index contributed by atoms with van der Waals surface area (Å²) in [5, 5.41) is 0. The standard InChI is InChI=1S/C12H22N2O3P.BrH/c1-5-9-12-13(6-2)10-11-14(12)18(15,16-7-3)17-8-4;/h6,10-11H,2,5,7-9H2,1,3-4H3;1H/q+1;/p-1. The number of rotatable bonds is 8. The van der Waals surface area contributed by atoms with Gasteiger partial charge in [-0.3, -0.25) is 9.05 Å². The Labute approximate surface area is 125 Å². The molecule has 19 heavy (non-hydrogen) atoms. The van der Waals surface area contributed by atoms with Crippen molar-refractivity contribution in [2.75, 3.05) is 13.2 Å². The summed E-state index contributed by atoms with van der Waals surface area (Å²) in [6.07, 6.45) is 6.93. The molecule has 7 heteroatoms. The zero-order chi connectivity index (χ0) is 13.6. The molecule has 1 aromatic heterocycles. The van der Waals surface area contributed by atoms with E-state index in [2.05, 4.69) is 13.5 Å². The Morgan fingerprint density at radius 2 is 1.95 bits per heavy atom. The van der Waals surface area contributed by atoms with Crippen LogP contribution in [-0.2, 0) is 20.0 Å². The highest BCUT2D eigenvalue weighted by molar-refractivity contribution is 7.46. The maximum absolute atomic E-state index is 12.7. The van der Waals surface area contributed by atoms with Crippen LogP contribution in [0.4, 0.5) is 0 Å².